The molecule has 15 nitrogen and oxygen atoms in total. The zero-order chi connectivity index (χ0) is 91.8. The van der Waals surface area contributed by atoms with E-state index >= 15 is 0 Å². The Morgan fingerprint density at radius 1 is 0.203 bits per heavy atom. The lowest BCUT2D eigenvalue weighted by Crippen LogP contribution is -2.00. The highest BCUT2D eigenvalue weighted by Crippen LogP contribution is 2.46. The van der Waals surface area contributed by atoms with E-state index in [-0.39, 0.29) is 0 Å². The molecule has 0 fully saturated rings. The van der Waals surface area contributed by atoms with Gasteiger partial charge in [-0.3, -0.25) is 0 Å². The average molecular weight is 1780 g/mol. The summed E-state index contributed by atoms with van der Waals surface area (Å²) in [5, 5.41) is 42.4. The number of furan rings is 2. The van der Waals surface area contributed by atoms with Crippen LogP contribution in [0.3, 0.4) is 0 Å². The molecule has 0 bridgehead atoms. The van der Waals surface area contributed by atoms with Crippen molar-refractivity contribution in [3.8, 4) is 137 Å². The van der Waals surface area contributed by atoms with Gasteiger partial charge in [0.15, 0.2) is 34.7 Å². The van der Waals surface area contributed by atoms with Crippen LogP contribution in [0.5, 0.6) is 0 Å². The minimum atomic E-state index is 0.548. The largest absolute Gasteiger partial charge is 0.456 e. The second-order valence-electron chi connectivity index (χ2n) is 34.0. The van der Waals surface area contributed by atoms with Crippen LogP contribution in [0.15, 0.2) is 440 Å². The van der Waals surface area contributed by atoms with Crippen LogP contribution in [0.1, 0.15) is 16.7 Å². The first-order chi connectivity index (χ1) is 68.2. The lowest BCUT2D eigenvalue weighted by atomic mass is 10.0. The summed E-state index contributed by atoms with van der Waals surface area (Å²) in [5.41, 5.74) is 26.4. The fourth-order valence-corrected chi connectivity index (χ4v) is 20.4. The molecule has 0 spiro atoms. The molecule has 9 aromatic heterocycles. The van der Waals surface area contributed by atoms with Gasteiger partial charge in [0, 0.05) is 141 Å². The van der Waals surface area contributed by atoms with E-state index in [1.165, 1.54) is 41.8 Å². The number of para-hydroxylation sites is 5. The fraction of sp³-hybridized carbons (Fsp3) is 0. The maximum atomic E-state index is 9.56. The van der Waals surface area contributed by atoms with Crippen molar-refractivity contribution >= 4 is 141 Å². The molecule has 0 aliphatic heterocycles. The Morgan fingerprint density at radius 3 is 1.13 bits per heavy atom. The predicted molar refractivity (Wildman–Crippen MR) is 557 cm³/mol. The quantitative estimate of drug-likeness (QED) is 0.112. The number of thiophene rings is 1. The predicted octanol–water partition coefficient (Wildman–Crippen LogP) is 30.9. The summed E-state index contributed by atoms with van der Waals surface area (Å²) in [5.74, 6) is 2.95. The summed E-state index contributed by atoms with van der Waals surface area (Å²) in [6.45, 7) is 0. The van der Waals surface area contributed by atoms with Crippen molar-refractivity contribution in [1.82, 2.24) is 48.6 Å². The molecule has 0 unspecified atom stereocenters. The molecule has 0 atom stereocenters. The number of hydrogen-bond acceptors (Lipinski definition) is 13. The van der Waals surface area contributed by atoms with Gasteiger partial charge in [-0.2, -0.15) is 15.8 Å². The van der Waals surface area contributed by atoms with Gasteiger partial charge >= 0.3 is 0 Å². The average Bonchev–Trinajstić information content (AvgIpc) is 1.55. The minimum Gasteiger partial charge on any atom is -0.456 e. The van der Waals surface area contributed by atoms with Crippen LogP contribution in [0.4, 0.5) is 0 Å². The van der Waals surface area contributed by atoms with Crippen LogP contribution >= 0.6 is 11.3 Å². The Hall–Kier alpha value is -19.2. The molecule has 16 heteroatoms. The number of aromatic nitrogens is 10. The van der Waals surface area contributed by atoms with Gasteiger partial charge in [-0.1, -0.05) is 255 Å². The summed E-state index contributed by atoms with van der Waals surface area (Å²) < 4.78 is 22.3. The first-order valence-corrected chi connectivity index (χ1v) is 46.1. The summed E-state index contributed by atoms with van der Waals surface area (Å²) in [7, 11) is 0. The van der Waals surface area contributed by atoms with Crippen LogP contribution in [-0.4, -0.2) is 48.6 Å². The van der Waals surface area contributed by atoms with Gasteiger partial charge in [0.25, 0.3) is 0 Å². The first kappa shape index (κ1) is 80.9. The van der Waals surface area contributed by atoms with Crippen LogP contribution in [0, 0.1) is 34.0 Å². The van der Waals surface area contributed by atoms with Gasteiger partial charge in [0.1, 0.15) is 16.7 Å². The molecule has 27 aromatic rings. The van der Waals surface area contributed by atoms with E-state index in [1.807, 2.05) is 175 Å². The first-order valence-electron chi connectivity index (χ1n) is 45.3. The molecule has 0 saturated carbocycles. The summed E-state index contributed by atoms with van der Waals surface area (Å²) in [6.07, 6.45) is 0. The highest BCUT2D eigenvalue weighted by Gasteiger charge is 2.25. The van der Waals surface area contributed by atoms with Crippen molar-refractivity contribution in [1.29, 1.82) is 15.8 Å². The zero-order valence-electron chi connectivity index (χ0n) is 73.5. The number of benzene rings is 18. The van der Waals surface area contributed by atoms with E-state index in [9.17, 15) is 15.8 Å². The second kappa shape index (κ2) is 33.9. The highest BCUT2D eigenvalue weighted by atomic mass is 32.1. The number of nitrogens with zero attached hydrogens (tertiary/aromatic N) is 13. The number of rotatable bonds is 12. The topological polar surface area (TPSA) is 203 Å². The maximum absolute atomic E-state index is 9.56. The molecular weight excluding hydrogens is 1710 g/mol. The van der Waals surface area contributed by atoms with Crippen molar-refractivity contribution < 1.29 is 8.83 Å². The second-order valence-corrected chi connectivity index (χ2v) is 35.1. The Morgan fingerprint density at radius 2 is 0.594 bits per heavy atom. The van der Waals surface area contributed by atoms with Gasteiger partial charge < -0.3 is 22.5 Å². The monoisotopic (exact) mass is 1780 g/mol. The molecule has 9 heterocycles. The standard InChI is InChI=1S/C41H24N4O.C41H24N4S.C40H23N5O/c2*42-25-26-10-8-13-28(20-26)36-24-35(27-11-2-1-3-12-27)43-41(44-36)29-14-9-15-30(21-29)45-37-18-6-4-16-31(37)33-23-40-34(22-38(33)45)32-17-5-7-19-39(32)46-40;41-24-25-14-16-27(17-15-25)39-42-38(26-8-2-1-3-9-26)43-40(44-39)28-18-20-29(21-19-28)45-34-12-6-4-10-30(34)32-22-23-33-31-11-5-7-13-35(31)46-37(33)36(32)45/h2*1-24H;1-23H. The van der Waals surface area contributed by atoms with Crippen LogP contribution in [0.2, 0.25) is 0 Å². The van der Waals surface area contributed by atoms with E-state index in [2.05, 4.69) is 281 Å². The van der Waals surface area contributed by atoms with Gasteiger partial charge in [-0.15, -0.1) is 11.3 Å². The Balaban J connectivity index is 0.000000110. The molecule has 0 radical (unpaired) electrons. The maximum Gasteiger partial charge on any atom is 0.164 e. The van der Waals surface area contributed by atoms with Crippen LogP contribution < -0.4 is 0 Å². The van der Waals surface area contributed by atoms with Crippen molar-refractivity contribution in [2.75, 3.05) is 0 Å². The third kappa shape index (κ3) is 14.4. The van der Waals surface area contributed by atoms with Crippen molar-refractivity contribution in [3.05, 3.63) is 447 Å². The molecule has 0 saturated heterocycles. The normalized spacial score (nSPS) is 11.5. The molecule has 138 heavy (non-hydrogen) atoms. The van der Waals surface area contributed by atoms with Gasteiger partial charge in [0.05, 0.1) is 90.8 Å². The molecule has 18 aromatic carbocycles. The molecule has 0 N–H and O–H groups in total. The van der Waals surface area contributed by atoms with E-state index in [0.717, 1.165) is 178 Å². The SMILES string of the molecule is N#Cc1ccc(-c2nc(-c3ccccc3)nc(-c3ccc(-n4c5ccccc5c5ccc6c7ccccc7oc6c54)cc3)n2)cc1.N#Cc1cccc(-c2cc(-c3ccccc3)nc(-c3cccc(-n4c5ccccc5c5cc6oc7ccccc7c6cc54)c3)n2)c1.N#Cc1cccc(-c2cc(-c3ccccc3)nc(-c3cccc(-n4c5ccccc5c5cc6sc7ccccc7c6cc54)c3)n2)c1. The van der Waals surface area contributed by atoms with E-state index < -0.39 is 0 Å². The Labute approximate surface area is 793 Å². The highest BCUT2D eigenvalue weighted by molar-refractivity contribution is 7.25. The van der Waals surface area contributed by atoms with E-state index in [1.54, 1.807) is 18.2 Å². The zero-order valence-corrected chi connectivity index (χ0v) is 74.3. The summed E-state index contributed by atoms with van der Waals surface area (Å²) >= 11 is 1.85. The lowest BCUT2D eigenvalue weighted by molar-refractivity contribution is 0.669. The minimum absolute atomic E-state index is 0.548. The Kier molecular flexibility index (Phi) is 19.9. The number of hydrogen-bond donors (Lipinski definition) is 0. The van der Waals surface area contributed by atoms with Crippen molar-refractivity contribution in [2.24, 2.45) is 0 Å². The van der Waals surface area contributed by atoms with Crippen LogP contribution in [-0.2, 0) is 0 Å². The molecule has 0 amide bonds. The van der Waals surface area contributed by atoms with E-state index in [0.29, 0.717) is 45.8 Å². The number of nitriles is 3. The lowest BCUT2D eigenvalue weighted by Gasteiger charge is -2.12. The molecule has 27 rings (SSSR count). The smallest absolute Gasteiger partial charge is 0.164 e. The van der Waals surface area contributed by atoms with Crippen molar-refractivity contribution in [3.63, 3.8) is 0 Å². The summed E-state index contributed by atoms with van der Waals surface area (Å²) in [4.78, 5) is 34.8. The van der Waals surface area contributed by atoms with E-state index in [4.69, 9.17) is 43.7 Å². The molecular formula is C122H71N13O2S. The Bertz CT molecular complexity index is 9350. The van der Waals surface area contributed by atoms with Crippen molar-refractivity contribution in [2.45, 2.75) is 0 Å². The third-order valence-electron chi connectivity index (χ3n) is 25.7. The van der Waals surface area contributed by atoms with Gasteiger partial charge in [0.2, 0.25) is 0 Å². The molecule has 0 aliphatic carbocycles. The fourth-order valence-electron chi connectivity index (χ4n) is 19.3. The summed E-state index contributed by atoms with van der Waals surface area (Å²) in [6, 6.07) is 153. The third-order valence-corrected chi connectivity index (χ3v) is 26.9. The number of fused-ring (bicyclic) bond motifs is 19. The van der Waals surface area contributed by atoms with Gasteiger partial charge in [-0.05, 0) is 176 Å². The van der Waals surface area contributed by atoms with Crippen LogP contribution in [0.25, 0.3) is 248 Å². The molecule has 642 valence electrons. The molecule has 0 aliphatic rings. The van der Waals surface area contributed by atoms with Gasteiger partial charge in [-0.25, -0.2) is 34.9 Å².